The minimum atomic E-state index is -7.43. The van der Waals surface area contributed by atoms with Crippen molar-refractivity contribution >= 4 is 26.8 Å². The van der Waals surface area contributed by atoms with Crippen LogP contribution < -0.4 is 0 Å². The quantitative estimate of drug-likeness (QED) is 0.190. The molecule has 1 heterocycles. The van der Waals surface area contributed by atoms with E-state index in [9.17, 15) is 57.3 Å². The molecule has 186 valence electrons. The highest BCUT2D eigenvalue weighted by Crippen LogP contribution is 2.54. The zero-order valence-corrected chi connectivity index (χ0v) is 18.1. The van der Waals surface area contributed by atoms with Gasteiger partial charge in [0.05, 0.1) is 0 Å². The third-order valence-corrected chi connectivity index (χ3v) is 7.57. The average molecular weight is 514 g/mol. The van der Waals surface area contributed by atoms with Crippen molar-refractivity contribution in [1.82, 2.24) is 0 Å². The lowest BCUT2D eigenvalue weighted by Crippen LogP contribution is -2.63. The second kappa shape index (κ2) is 11.4. The number of rotatable bonds is 9. The van der Waals surface area contributed by atoms with Gasteiger partial charge in [0, 0.05) is 6.42 Å². The van der Waals surface area contributed by atoms with E-state index in [0.29, 0.717) is 16.7 Å². The SMILES string of the molecule is CCCCCC(=O)C[S+]1CCCCC1.O=S(=O)([O-])C(F)(F)C(F)(F)C(F)(F)C(F)(F)F. The number of carbonyl (C=O) groups excluding carboxylic acids is 1. The monoisotopic (exact) mass is 514 g/mol. The van der Waals surface area contributed by atoms with E-state index >= 15 is 0 Å². The lowest BCUT2D eigenvalue weighted by atomic mass is 10.1. The summed E-state index contributed by atoms with van der Waals surface area (Å²) < 4.78 is 135. The highest BCUT2D eigenvalue weighted by atomic mass is 32.2. The molecule has 0 bridgehead atoms. The molecular weight excluding hydrogens is 491 g/mol. The molecule has 0 N–H and O–H groups in total. The van der Waals surface area contributed by atoms with E-state index in [1.807, 2.05) is 0 Å². The van der Waals surface area contributed by atoms with Crippen molar-refractivity contribution in [3.63, 3.8) is 0 Å². The van der Waals surface area contributed by atoms with Crippen LogP contribution in [0.3, 0.4) is 0 Å². The highest BCUT2D eigenvalue weighted by molar-refractivity contribution is 7.97. The number of ketones is 1. The maximum Gasteiger partial charge on any atom is 0.460 e. The Morgan fingerprint density at radius 1 is 0.871 bits per heavy atom. The molecule has 1 aliphatic heterocycles. The minimum Gasteiger partial charge on any atom is -0.743 e. The molecule has 0 saturated carbocycles. The van der Waals surface area contributed by atoms with Crippen LogP contribution in [0.25, 0.3) is 0 Å². The second-order valence-corrected chi connectivity index (χ2v) is 10.6. The van der Waals surface area contributed by atoms with Gasteiger partial charge in [-0.15, -0.1) is 0 Å². The van der Waals surface area contributed by atoms with E-state index in [2.05, 4.69) is 6.92 Å². The predicted molar refractivity (Wildman–Crippen MR) is 95.6 cm³/mol. The molecule has 1 rings (SSSR count). The molecule has 0 aromatic rings. The van der Waals surface area contributed by atoms with Gasteiger partial charge in [-0.1, -0.05) is 19.8 Å². The van der Waals surface area contributed by atoms with Gasteiger partial charge in [0.15, 0.2) is 21.7 Å². The summed E-state index contributed by atoms with van der Waals surface area (Å²) in [4.78, 5) is 11.6. The molecule has 31 heavy (non-hydrogen) atoms. The number of hydrogen-bond acceptors (Lipinski definition) is 4. The van der Waals surface area contributed by atoms with Crippen molar-refractivity contribution in [3.05, 3.63) is 0 Å². The molecule has 1 fully saturated rings. The van der Waals surface area contributed by atoms with Gasteiger partial charge >= 0.3 is 23.3 Å². The van der Waals surface area contributed by atoms with Crippen LogP contribution in [-0.4, -0.2) is 59.3 Å². The van der Waals surface area contributed by atoms with Crippen LogP contribution in [-0.2, 0) is 25.8 Å². The smallest absolute Gasteiger partial charge is 0.460 e. The van der Waals surface area contributed by atoms with E-state index < -0.39 is 33.4 Å². The van der Waals surface area contributed by atoms with Gasteiger partial charge < -0.3 is 4.55 Å². The Kier molecular flexibility index (Phi) is 11.2. The Bertz CT molecular complexity index is 673. The second-order valence-electron chi connectivity index (χ2n) is 6.84. The van der Waals surface area contributed by atoms with Crippen LogP contribution in [0.15, 0.2) is 0 Å². The molecule has 0 amide bonds. The van der Waals surface area contributed by atoms with E-state index in [-0.39, 0.29) is 0 Å². The lowest BCUT2D eigenvalue weighted by molar-refractivity contribution is -0.382. The molecule has 1 saturated heterocycles. The largest absolute Gasteiger partial charge is 0.743 e. The first-order valence-electron chi connectivity index (χ1n) is 9.14. The van der Waals surface area contributed by atoms with Crippen LogP contribution in [0.2, 0.25) is 0 Å². The molecule has 0 spiro atoms. The predicted octanol–water partition coefficient (Wildman–Crippen LogP) is 4.90. The van der Waals surface area contributed by atoms with Gasteiger partial charge in [0.2, 0.25) is 0 Å². The molecule has 0 atom stereocenters. The maximum absolute atomic E-state index is 12.2. The fraction of sp³-hybridized carbons (Fsp3) is 0.938. The summed E-state index contributed by atoms with van der Waals surface area (Å²) in [5, 5.41) is -7.11. The number of alkyl halides is 9. The zero-order chi connectivity index (χ0) is 24.7. The summed E-state index contributed by atoms with van der Waals surface area (Å²) in [6.07, 6.45) is 1.37. The van der Waals surface area contributed by atoms with Gasteiger partial charge in [-0.25, -0.2) is 8.42 Å². The molecule has 0 aromatic carbocycles. The van der Waals surface area contributed by atoms with Gasteiger partial charge in [0.1, 0.15) is 11.5 Å². The first-order valence-corrected chi connectivity index (χ1v) is 12.3. The summed E-state index contributed by atoms with van der Waals surface area (Å²) >= 11 is 0. The van der Waals surface area contributed by atoms with Crippen LogP contribution >= 0.6 is 0 Å². The van der Waals surface area contributed by atoms with Gasteiger partial charge in [-0.2, -0.15) is 39.5 Å². The Labute approximate surface area is 177 Å². The molecule has 15 heteroatoms. The van der Waals surface area contributed by atoms with Crippen LogP contribution in [0.1, 0.15) is 51.9 Å². The number of carbonyl (C=O) groups is 1. The lowest BCUT2D eigenvalue weighted by Gasteiger charge is -2.34. The topological polar surface area (TPSA) is 74.3 Å². The standard InChI is InChI=1S/C12H23OS.C4HF9O3S/c1-2-3-5-8-12(13)11-14-9-6-4-7-10-14;5-1(6,3(9,10)11)2(7,8)4(12,13)17(14,15)16/h2-11H2,1H3;(H,14,15,16)/q+1;/p-1. The molecule has 0 aliphatic carbocycles. The molecule has 0 radical (unpaired) electrons. The van der Waals surface area contributed by atoms with Crippen LogP contribution in [0, 0.1) is 0 Å². The number of halogens is 9. The molecule has 4 nitrogen and oxygen atoms in total. The highest BCUT2D eigenvalue weighted by Gasteiger charge is 2.83. The third kappa shape index (κ3) is 7.98. The Hall–Kier alpha value is -0.700. The van der Waals surface area contributed by atoms with E-state index in [1.165, 1.54) is 43.6 Å². The summed E-state index contributed by atoms with van der Waals surface area (Å²) in [7, 11) is -6.95. The molecular formula is C16H23F9O4S2. The Morgan fingerprint density at radius 3 is 1.74 bits per heavy atom. The third-order valence-electron chi connectivity index (χ3n) is 4.22. The maximum atomic E-state index is 12.2. The molecule has 0 unspecified atom stereocenters. The van der Waals surface area contributed by atoms with Crippen molar-refractivity contribution in [2.24, 2.45) is 0 Å². The fourth-order valence-electron chi connectivity index (χ4n) is 2.43. The van der Waals surface area contributed by atoms with Crippen LogP contribution in [0.4, 0.5) is 39.5 Å². The number of Topliss-reactive ketones (excluding diaryl/α,β-unsaturated/α-hetero) is 1. The van der Waals surface area contributed by atoms with Crippen LogP contribution in [0.5, 0.6) is 0 Å². The molecule has 1 aliphatic rings. The number of unbranched alkanes of at least 4 members (excludes halogenated alkanes) is 2. The Morgan fingerprint density at radius 2 is 1.35 bits per heavy atom. The van der Waals surface area contributed by atoms with E-state index in [1.54, 1.807) is 0 Å². The fourth-order valence-corrected chi connectivity index (χ4v) is 5.18. The average Bonchev–Trinajstić information content (AvgIpc) is 2.61. The van der Waals surface area contributed by atoms with E-state index in [4.69, 9.17) is 0 Å². The van der Waals surface area contributed by atoms with Crippen molar-refractivity contribution in [1.29, 1.82) is 0 Å². The summed E-state index contributed by atoms with van der Waals surface area (Å²) in [6, 6.07) is 0. The minimum absolute atomic E-state index is 0.470. The van der Waals surface area contributed by atoms with Gasteiger partial charge in [-0.05, 0) is 36.6 Å². The van der Waals surface area contributed by atoms with Gasteiger partial charge in [-0.3, -0.25) is 4.79 Å². The Balaban J connectivity index is 0.000000590. The van der Waals surface area contributed by atoms with Crippen molar-refractivity contribution in [3.8, 4) is 0 Å². The summed E-state index contributed by atoms with van der Waals surface area (Å²) in [6.45, 7) is 2.19. The van der Waals surface area contributed by atoms with Crippen molar-refractivity contribution in [2.45, 2.75) is 75.1 Å². The first-order chi connectivity index (χ1) is 13.8. The summed E-state index contributed by atoms with van der Waals surface area (Å²) in [5.41, 5.74) is 0. The first kappa shape index (κ1) is 30.3. The van der Waals surface area contributed by atoms with Crippen molar-refractivity contribution < 1.29 is 57.3 Å². The van der Waals surface area contributed by atoms with E-state index in [0.717, 1.165) is 18.6 Å². The normalized spacial score (nSPS) is 17.1. The zero-order valence-electron chi connectivity index (χ0n) is 16.4. The molecule has 0 aromatic heterocycles. The summed E-state index contributed by atoms with van der Waals surface area (Å²) in [5.74, 6) is -10.7. The van der Waals surface area contributed by atoms with Crippen molar-refractivity contribution in [2.75, 3.05) is 17.3 Å². The van der Waals surface area contributed by atoms with Gasteiger partial charge in [0.25, 0.3) is 0 Å². The number of hydrogen-bond donors (Lipinski definition) is 0.